The summed E-state index contributed by atoms with van der Waals surface area (Å²) in [4.78, 5) is 49.0. The van der Waals surface area contributed by atoms with Gasteiger partial charge in [0.05, 0.1) is 25.9 Å². The molecule has 2 unspecified atom stereocenters. The molecule has 3 aliphatic rings. The van der Waals surface area contributed by atoms with Crippen LogP contribution in [0.15, 0.2) is 25.3 Å². The van der Waals surface area contributed by atoms with Crippen molar-refractivity contribution in [3.05, 3.63) is 25.3 Å². The molecule has 3 fully saturated rings. The molecular formula is C25H32FN11O10P2S2. The zero-order chi connectivity index (χ0) is 36.1. The number of alkyl halides is 1. The summed E-state index contributed by atoms with van der Waals surface area (Å²) in [5.41, 5.74) is 12.7. The first kappa shape index (κ1) is 36.4. The van der Waals surface area contributed by atoms with Crippen LogP contribution in [0.3, 0.4) is 0 Å². The van der Waals surface area contributed by atoms with Crippen LogP contribution in [0.2, 0.25) is 0 Å². The minimum atomic E-state index is -4.42. The van der Waals surface area contributed by atoms with E-state index in [2.05, 4.69) is 47.5 Å². The fraction of sp³-hybridized carbons (Fsp3) is 0.560. The third kappa shape index (κ3) is 7.33. The van der Waals surface area contributed by atoms with Gasteiger partial charge < -0.3 is 40.4 Å². The number of ether oxygens (including phenoxy) is 3. The van der Waals surface area contributed by atoms with Gasteiger partial charge in [-0.3, -0.25) is 27.5 Å². The highest BCUT2D eigenvalue weighted by atomic mass is 32.7. The molecule has 51 heavy (non-hydrogen) atoms. The van der Waals surface area contributed by atoms with Gasteiger partial charge in [0, 0.05) is 6.42 Å². The molecule has 7 heterocycles. The molecule has 7 rings (SSSR count). The number of hydrogen-bond donors (Lipinski definition) is 5. The number of esters is 1. The highest BCUT2D eigenvalue weighted by Crippen LogP contribution is 2.58. The quantitative estimate of drug-likeness (QED) is 0.0754. The van der Waals surface area contributed by atoms with Crippen LogP contribution in [-0.2, 0) is 53.5 Å². The van der Waals surface area contributed by atoms with E-state index in [0.717, 1.165) is 0 Å². The lowest BCUT2D eigenvalue weighted by atomic mass is 10.1. The molecule has 6 N–H and O–H groups in total. The molecule has 3 saturated heterocycles. The Balaban J connectivity index is 1.19. The van der Waals surface area contributed by atoms with Gasteiger partial charge in [-0.1, -0.05) is 12.2 Å². The second-order valence-corrected chi connectivity index (χ2v) is 17.2. The second-order valence-electron chi connectivity index (χ2n) is 11.6. The molecule has 4 aromatic heterocycles. The maximum atomic E-state index is 16.2. The van der Waals surface area contributed by atoms with E-state index in [4.69, 9.17) is 55.6 Å². The summed E-state index contributed by atoms with van der Waals surface area (Å²) >= 11 is 9.47. The third-order valence-electron chi connectivity index (χ3n) is 8.26. The largest absolute Gasteiger partial charge is 0.455 e. The van der Waals surface area contributed by atoms with Crippen molar-refractivity contribution in [3.63, 3.8) is 0 Å². The van der Waals surface area contributed by atoms with Gasteiger partial charge in [-0.05, 0) is 31.8 Å². The Kier molecular flexibility index (Phi) is 10.3. The number of fused-ring (bicyclic) bond motifs is 4. The highest BCUT2D eigenvalue weighted by molar-refractivity contribution is 8.44. The van der Waals surface area contributed by atoms with E-state index in [0.29, 0.717) is 13.0 Å². The Morgan fingerprint density at radius 3 is 2.24 bits per heavy atom. The molecule has 0 spiro atoms. The molecule has 0 aromatic carbocycles. The number of imidazole rings is 2. The number of nitrogens with two attached hydrogens (primary N) is 2. The van der Waals surface area contributed by atoms with Crippen LogP contribution in [0.1, 0.15) is 25.3 Å². The Hall–Kier alpha value is -2.99. The van der Waals surface area contributed by atoms with Crippen LogP contribution >= 0.6 is 25.8 Å². The number of nitrogen functional groups attached to an aromatic ring is 2. The normalized spacial score (nSPS) is 34.5. The number of halogens is 1. The van der Waals surface area contributed by atoms with Crippen molar-refractivity contribution in [2.45, 2.75) is 62.0 Å². The summed E-state index contributed by atoms with van der Waals surface area (Å²) in [6.07, 6.45) is -6.15. The molecule has 0 bridgehead atoms. The molecule has 0 amide bonds. The van der Waals surface area contributed by atoms with E-state index in [-0.39, 0.29) is 40.4 Å². The average molecular weight is 792 g/mol. The average Bonchev–Trinajstić information content (AvgIpc) is 3.85. The predicted octanol–water partition coefficient (Wildman–Crippen LogP) is 0.947. The summed E-state index contributed by atoms with van der Waals surface area (Å²) in [7, 11) is 1.74. The first-order valence-electron chi connectivity index (χ1n) is 15.3. The summed E-state index contributed by atoms with van der Waals surface area (Å²) in [5, 5.41) is 2.95. The summed E-state index contributed by atoms with van der Waals surface area (Å²) < 4.78 is 73.5. The van der Waals surface area contributed by atoms with Gasteiger partial charge in [0.1, 0.15) is 48.1 Å². The second kappa shape index (κ2) is 14.4. The number of hydrogen-bond acceptors (Lipinski definition) is 19. The number of nitrogens with one attached hydrogen (secondary N) is 1. The van der Waals surface area contributed by atoms with Crippen LogP contribution in [-0.4, -0.2) is 113 Å². The zero-order valence-corrected chi connectivity index (χ0v) is 29.9. The van der Waals surface area contributed by atoms with Crippen molar-refractivity contribution in [3.8, 4) is 0 Å². The van der Waals surface area contributed by atoms with Gasteiger partial charge in [-0.25, -0.2) is 38.9 Å². The summed E-state index contributed by atoms with van der Waals surface area (Å²) in [5.74, 6) is -0.494. The Labute approximate surface area is 297 Å². The molecule has 4 aromatic rings. The van der Waals surface area contributed by atoms with E-state index in [9.17, 15) is 14.3 Å². The van der Waals surface area contributed by atoms with E-state index in [1.54, 1.807) is 7.05 Å². The van der Waals surface area contributed by atoms with Crippen LogP contribution in [0.5, 0.6) is 0 Å². The Bertz CT molecular complexity index is 2030. The molecule has 0 saturated carbocycles. The maximum absolute atomic E-state index is 16.2. The van der Waals surface area contributed by atoms with Gasteiger partial charge in [0.15, 0.2) is 47.7 Å². The lowest BCUT2D eigenvalue weighted by Gasteiger charge is -2.30. The van der Waals surface area contributed by atoms with Gasteiger partial charge >= 0.3 is 19.5 Å². The smallest absolute Gasteiger partial charge is 0.386 e. The molecule has 0 radical (unpaired) electrons. The minimum absolute atomic E-state index is 0.0119. The number of thiol groups is 1. The van der Waals surface area contributed by atoms with Crippen molar-refractivity contribution >= 4 is 77.5 Å². The van der Waals surface area contributed by atoms with Crippen molar-refractivity contribution in [1.29, 1.82) is 0 Å². The van der Waals surface area contributed by atoms with Gasteiger partial charge in [-0.15, -0.1) is 0 Å². The minimum Gasteiger partial charge on any atom is -0.455 e. The number of nitrogens with zero attached hydrogens (tertiary/aromatic N) is 8. The predicted molar refractivity (Wildman–Crippen MR) is 180 cm³/mol. The first-order chi connectivity index (χ1) is 24.4. The lowest BCUT2D eigenvalue weighted by Crippen LogP contribution is -2.40. The van der Waals surface area contributed by atoms with Crippen LogP contribution in [0.4, 0.5) is 16.0 Å². The van der Waals surface area contributed by atoms with Gasteiger partial charge in [-0.2, -0.15) is 0 Å². The van der Waals surface area contributed by atoms with Gasteiger partial charge in [0.25, 0.3) is 0 Å². The zero-order valence-electron chi connectivity index (χ0n) is 26.4. The molecule has 276 valence electrons. The number of carbonyl (C=O) groups excluding carboxylic acids is 1. The van der Waals surface area contributed by atoms with Crippen LogP contribution < -0.4 is 16.8 Å². The first-order valence-corrected chi connectivity index (χ1v) is 20.6. The molecule has 3 aliphatic heterocycles. The highest BCUT2D eigenvalue weighted by Gasteiger charge is 2.55. The van der Waals surface area contributed by atoms with Crippen LogP contribution in [0, 0.1) is 0 Å². The van der Waals surface area contributed by atoms with Crippen LogP contribution in [0.25, 0.3) is 22.3 Å². The number of anilines is 2. The molecular weight excluding hydrogens is 759 g/mol. The Morgan fingerprint density at radius 2 is 1.59 bits per heavy atom. The van der Waals surface area contributed by atoms with E-state index >= 15 is 4.39 Å². The molecule has 0 aliphatic carbocycles. The number of rotatable bonds is 7. The SMILES string of the molecule is CNCCCC(=O)O[C@@H]1[C@@H]2OP(O)(=S)OC[C@H]3O[C@@H](n4cnc5c(N)ncnc54)[C@H](F)[C@@H]3OP(=O)(S)OC[C@H]2O[C@H]1n1cnc2c(N)ncnc21. The topological polar surface area (TPSA) is 270 Å². The van der Waals surface area contributed by atoms with E-state index in [1.165, 1.54) is 34.4 Å². The van der Waals surface area contributed by atoms with Crippen molar-refractivity contribution in [1.82, 2.24) is 44.4 Å². The maximum Gasteiger partial charge on any atom is 0.386 e. The lowest BCUT2D eigenvalue weighted by molar-refractivity contribution is -0.158. The standard InChI is InChI=1S/C25H32FN11O10P2S2/c1-29-4-2-3-13(38)45-19-18-12(44-25(19)37-10-35-16-21(28)31-8-33-23(16)37)6-42-48(39,50)46-17-11(5-41-49(40,51)47-18)43-24(14(17)26)36-9-34-15-20(27)30-7-32-22(15)36/h7-12,14,17-19,24-25,29H,2-6H2,1H3,(H,39,50)(H,40,51)(H2,27,30,32)(H2,28,31,33)/t11-,12-,14-,17-,18-,19-,24-,25-,48?,49?/m1/s1. The van der Waals surface area contributed by atoms with Crippen molar-refractivity contribution in [2.75, 3.05) is 38.3 Å². The fourth-order valence-electron chi connectivity index (χ4n) is 5.93. The Morgan fingerprint density at radius 1 is 1.00 bits per heavy atom. The fourth-order valence-corrected chi connectivity index (χ4v) is 8.86. The molecule has 10 atom stereocenters. The van der Waals surface area contributed by atoms with Crippen molar-refractivity contribution < 1.29 is 50.9 Å². The summed E-state index contributed by atoms with van der Waals surface area (Å²) in [6.45, 7) is -9.35. The van der Waals surface area contributed by atoms with Crippen molar-refractivity contribution in [2.24, 2.45) is 0 Å². The molecule has 21 nitrogen and oxygen atoms in total. The van der Waals surface area contributed by atoms with E-state index in [1.807, 2.05) is 0 Å². The summed E-state index contributed by atoms with van der Waals surface area (Å²) in [6, 6.07) is 0. The van der Waals surface area contributed by atoms with E-state index < -0.39 is 81.8 Å². The molecule has 26 heteroatoms. The number of carbonyl (C=O) groups is 1. The third-order valence-corrected chi connectivity index (χ3v) is 11.4. The van der Waals surface area contributed by atoms with Gasteiger partial charge in [0.2, 0.25) is 0 Å². The monoisotopic (exact) mass is 791 g/mol. The number of aromatic nitrogens is 8.